The summed E-state index contributed by atoms with van der Waals surface area (Å²) >= 11 is 0. The predicted octanol–water partition coefficient (Wildman–Crippen LogP) is 2.29. The Morgan fingerprint density at radius 2 is 2.24 bits per heavy atom. The van der Waals surface area contributed by atoms with Crippen LogP contribution >= 0.6 is 0 Å². The number of aromatic nitrogens is 1. The average Bonchev–Trinajstić information content (AvgIpc) is 2.33. The second kappa shape index (κ2) is 6.89. The van der Waals surface area contributed by atoms with Gasteiger partial charge in [-0.05, 0) is 18.4 Å². The Bertz CT molecular complexity index is 363. The van der Waals surface area contributed by atoms with Gasteiger partial charge >= 0.3 is 0 Å². The molecule has 0 saturated heterocycles. The first-order chi connectivity index (χ1) is 8.15. The van der Waals surface area contributed by atoms with Crippen LogP contribution in [0.4, 0.5) is 5.69 Å². The van der Waals surface area contributed by atoms with Gasteiger partial charge in [-0.2, -0.15) is 0 Å². The molecule has 0 radical (unpaired) electrons. The molecule has 0 atom stereocenters. The lowest BCUT2D eigenvalue weighted by Crippen LogP contribution is -2.28. The molecule has 4 nitrogen and oxygen atoms in total. The molecule has 0 spiro atoms. The van der Waals surface area contributed by atoms with Crippen LogP contribution in [0.5, 0.6) is 0 Å². The van der Waals surface area contributed by atoms with E-state index in [9.17, 15) is 4.79 Å². The molecule has 0 aliphatic carbocycles. The molecule has 2 N–H and O–H groups in total. The molecular weight excluding hydrogens is 214 g/mol. The van der Waals surface area contributed by atoms with Crippen molar-refractivity contribution in [2.24, 2.45) is 5.92 Å². The minimum Gasteiger partial charge on any atom is -0.383 e. The number of hydrogen-bond donors (Lipinski definition) is 2. The highest BCUT2D eigenvalue weighted by Crippen LogP contribution is 2.13. The molecule has 1 aromatic rings. The number of carbonyl (C=O) groups is 1. The van der Waals surface area contributed by atoms with Crippen LogP contribution in [0.15, 0.2) is 18.5 Å². The van der Waals surface area contributed by atoms with Crippen LogP contribution < -0.4 is 10.6 Å². The first-order valence-corrected chi connectivity index (χ1v) is 6.11. The third-order valence-electron chi connectivity index (χ3n) is 2.30. The molecule has 0 fully saturated rings. The summed E-state index contributed by atoms with van der Waals surface area (Å²) in [6.45, 7) is 7.76. The van der Waals surface area contributed by atoms with Gasteiger partial charge in [-0.1, -0.05) is 20.8 Å². The van der Waals surface area contributed by atoms with Crippen molar-refractivity contribution in [3.05, 3.63) is 24.0 Å². The van der Waals surface area contributed by atoms with Crippen molar-refractivity contribution >= 4 is 11.6 Å². The van der Waals surface area contributed by atoms with E-state index in [0.29, 0.717) is 18.0 Å². The average molecular weight is 235 g/mol. The minimum atomic E-state index is -0.0419. The summed E-state index contributed by atoms with van der Waals surface area (Å²) in [5.41, 5.74) is 1.46. The van der Waals surface area contributed by atoms with E-state index in [4.69, 9.17) is 0 Å². The van der Waals surface area contributed by atoms with E-state index in [0.717, 1.165) is 18.7 Å². The third kappa shape index (κ3) is 4.43. The molecule has 94 valence electrons. The fourth-order valence-electron chi connectivity index (χ4n) is 1.39. The lowest BCUT2D eigenvalue weighted by atomic mass is 10.2. The zero-order valence-corrected chi connectivity index (χ0v) is 10.8. The molecule has 0 unspecified atom stereocenters. The van der Waals surface area contributed by atoms with Gasteiger partial charge in [0.05, 0.1) is 17.4 Å². The molecule has 1 amide bonds. The van der Waals surface area contributed by atoms with Crippen molar-refractivity contribution in [3.8, 4) is 0 Å². The van der Waals surface area contributed by atoms with Gasteiger partial charge in [-0.3, -0.25) is 9.78 Å². The number of nitrogens with zero attached hydrogens (tertiary/aromatic N) is 1. The number of hydrogen-bond acceptors (Lipinski definition) is 3. The molecule has 4 heteroatoms. The lowest BCUT2D eigenvalue weighted by Gasteiger charge is -2.12. The number of nitrogens with one attached hydrogen (secondary N) is 2. The maximum atomic E-state index is 12.0. The van der Waals surface area contributed by atoms with Crippen molar-refractivity contribution < 1.29 is 4.79 Å². The molecule has 1 heterocycles. The zero-order chi connectivity index (χ0) is 12.7. The number of pyridine rings is 1. The second-order valence-corrected chi connectivity index (χ2v) is 4.45. The van der Waals surface area contributed by atoms with Gasteiger partial charge in [0.2, 0.25) is 0 Å². The lowest BCUT2D eigenvalue weighted by molar-refractivity contribution is 0.0949. The third-order valence-corrected chi connectivity index (χ3v) is 2.30. The van der Waals surface area contributed by atoms with Crippen LogP contribution in [0, 0.1) is 5.92 Å². The van der Waals surface area contributed by atoms with Crippen molar-refractivity contribution in [3.63, 3.8) is 0 Å². The van der Waals surface area contributed by atoms with E-state index in [1.165, 1.54) is 0 Å². The fourth-order valence-corrected chi connectivity index (χ4v) is 1.39. The molecule has 1 rings (SSSR count). The molecule has 1 aromatic heterocycles. The second-order valence-electron chi connectivity index (χ2n) is 4.45. The Morgan fingerprint density at radius 1 is 1.47 bits per heavy atom. The SMILES string of the molecule is CCCNc1cnccc1C(=O)NCC(C)C. The summed E-state index contributed by atoms with van der Waals surface area (Å²) in [5.74, 6) is 0.410. The summed E-state index contributed by atoms with van der Waals surface area (Å²) in [6.07, 6.45) is 4.35. The largest absolute Gasteiger partial charge is 0.383 e. The summed E-state index contributed by atoms with van der Waals surface area (Å²) in [6, 6.07) is 1.74. The van der Waals surface area contributed by atoms with Gasteiger partial charge in [0.25, 0.3) is 5.91 Å². The number of carbonyl (C=O) groups excluding carboxylic acids is 1. The number of amides is 1. The van der Waals surface area contributed by atoms with Crippen LogP contribution in [-0.4, -0.2) is 24.0 Å². The standard InChI is InChI=1S/C13H21N3O/c1-4-6-15-12-9-14-7-5-11(12)13(17)16-8-10(2)3/h5,7,9-10,15H,4,6,8H2,1-3H3,(H,16,17). The van der Waals surface area contributed by atoms with E-state index in [1.807, 2.05) is 0 Å². The molecule has 0 aliphatic heterocycles. The van der Waals surface area contributed by atoms with Crippen LogP contribution in [0.3, 0.4) is 0 Å². The maximum absolute atomic E-state index is 12.0. The quantitative estimate of drug-likeness (QED) is 0.795. The maximum Gasteiger partial charge on any atom is 0.253 e. The minimum absolute atomic E-state index is 0.0419. The highest BCUT2D eigenvalue weighted by Gasteiger charge is 2.10. The first kappa shape index (κ1) is 13.5. The monoisotopic (exact) mass is 235 g/mol. The summed E-state index contributed by atoms with van der Waals surface area (Å²) in [4.78, 5) is 16.0. The van der Waals surface area contributed by atoms with Crippen LogP contribution in [0.25, 0.3) is 0 Å². The molecule has 0 aromatic carbocycles. The van der Waals surface area contributed by atoms with Crippen molar-refractivity contribution in [1.82, 2.24) is 10.3 Å². The molecular formula is C13H21N3O. The number of anilines is 1. The molecule has 0 saturated carbocycles. The Kier molecular flexibility index (Phi) is 5.46. The van der Waals surface area contributed by atoms with Crippen LogP contribution in [-0.2, 0) is 0 Å². The molecule has 0 aliphatic rings. The molecule has 17 heavy (non-hydrogen) atoms. The van der Waals surface area contributed by atoms with E-state index < -0.39 is 0 Å². The Hall–Kier alpha value is -1.58. The van der Waals surface area contributed by atoms with Gasteiger partial charge in [0.15, 0.2) is 0 Å². The Balaban J connectivity index is 2.70. The highest BCUT2D eigenvalue weighted by molar-refractivity contribution is 5.99. The summed E-state index contributed by atoms with van der Waals surface area (Å²) < 4.78 is 0. The van der Waals surface area contributed by atoms with Gasteiger partial charge < -0.3 is 10.6 Å². The first-order valence-electron chi connectivity index (χ1n) is 6.11. The van der Waals surface area contributed by atoms with Crippen molar-refractivity contribution in [2.45, 2.75) is 27.2 Å². The predicted molar refractivity (Wildman–Crippen MR) is 70.2 cm³/mol. The fraction of sp³-hybridized carbons (Fsp3) is 0.538. The highest BCUT2D eigenvalue weighted by atomic mass is 16.1. The van der Waals surface area contributed by atoms with E-state index in [-0.39, 0.29) is 5.91 Å². The van der Waals surface area contributed by atoms with Crippen molar-refractivity contribution in [1.29, 1.82) is 0 Å². The van der Waals surface area contributed by atoms with Gasteiger partial charge in [-0.15, -0.1) is 0 Å². The Labute approximate surface area is 103 Å². The van der Waals surface area contributed by atoms with E-state index in [1.54, 1.807) is 18.5 Å². The van der Waals surface area contributed by atoms with Crippen LogP contribution in [0.1, 0.15) is 37.6 Å². The zero-order valence-electron chi connectivity index (χ0n) is 10.8. The topological polar surface area (TPSA) is 54.0 Å². The van der Waals surface area contributed by atoms with Crippen LogP contribution in [0.2, 0.25) is 0 Å². The van der Waals surface area contributed by atoms with Gasteiger partial charge in [-0.25, -0.2) is 0 Å². The summed E-state index contributed by atoms with van der Waals surface area (Å²) in [7, 11) is 0. The van der Waals surface area contributed by atoms with E-state index in [2.05, 4.69) is 36.4 Å². The smallest absolute Gasteiger partial charge is 0.253 e. The summed E-state index contributed by atoms with van der Waals surface area (Å²) in [5, 5.41) is 6.12. The molecule has 0 bridgehead atoms. The Morgan fingerprint density at radius 3 is 2.88 bits per heavy atom. The number of rotatable bonds is 6. The van der Waals surface area contributed by atoms with E-state index >= 15 is 0 Å². The van der Waals surface area contributed by atoms with Gasteiger partial charge in [0, 0.05) is 19.3 Å². The normalized spacial score (nSPS) is 10.4. The van der Waals surface area contributed by atoms with Gasteiger partial charge in [0.1, 0.15) is 0 Å². The van der Waals surface area contributed by atoms with Crippen molar-refractivity contribution in [2.75, 3.05) is 18.4 Å².